The fraction of sp³-hybridized carbons (Fsp3) is 0.533. The third-order valence-corrected chi connectivity index (χ3v) is 6.11. The van der Waals surface area contributed by atoms with E-state index in [1.54, 1.807) is 25.5 Å². The lowest BCUT2D eigenvalue weighted by molar-refractivity contribution is 0.311. The molecule has 1 atom stereocenters. The van der Waals surface area contributed by atoms with E-state index in [0.29, 0.717) is 30.4 Å². The molecule has 1 saturated heterocycles. The van der Waals surface area contributed by atoms with Gasteiger partial charge in [0.25, 0.3) is 15.6 Å². The standard InChI is InChI=1S/C15H21N5O3S/c1-10-16-13(7-14(21)17-10)12-5-4-6-20(8-12)24(22,23)15-9-19(3)11(2)18-15/h7,9,12H,4-6,8H2,1-3H3,(H,16,17,21). The zero-order valence-electron chi connectivity index (χ0n) is 14.0. The van der Waals surface area contributed by atoms with Crippen molar-refractivity contribution < 1.29 is 8.42 Å². The maximum atomic E-state index is 12.8. The summed E-state index contributed by atoms with van der Waals surface area (Å²) < 4.78 is 28.8. The normalized spacial score (nSPS) is 19.5. The minimum Gasteiger partial charge on any atom is -0.337 e. The topological polar surface area (TPSA) is 101 Å². The second-order valence-corrected chi connectivity index (χ2v) is 8.08. The number of nitrogens with one attached hydrogen (secondary N) is 1. The van der Waals surface area contributed by atoms with Gasteiger partial charge in [0.2, 0.25) is 0 Å². The third kappa shape index (κ3) is 3.13. The number of piperidine rings is 1. The summed E-state index contributed by atoms with van der Waals surface area (Å²) in [7, 11) is -1.87. The molecule has 0 spiro atoms. The Morgan fingerprint density at radius 2 is 2.04 bits per heavy atom. The van der Waals surface area contributed by atoms with E-state index < -0.39 is 10.0 Å². The van der Waals surface area contributed by atoms with Gasteiger partial charge < -0.3 is 9.55 Å². The first kappa shape index (κ1) is 16.8. The second kappa shape index (κ2) is 6.14. The summed E-state index contributed by atoms with van der Waals surface area (Å²) in [5.41, 5.74) is 0.436. The molecule has 1 N–H and O–H groups in total. The highest BCUT2D eigenvalue weighted by Gasteiger charge is 2.33. The largest absolute Gasteiger partial charge is 0.337 e. The number of aryl methyl sites for hydroxylation is 3. The van der Waals surface area contributed by atoms with E-state index in [4.69, 9.17) is 0 Å². The van der Waals surface area contributed by atoms with Gasteiger partial charge in [-0.2, -0.15) is 4.31 Å². The zero-order chi connectivity index (χ0) is 17.5. The highest BCUT2D eigenvalue weighted by Crippen LogP contribution is 2.28. The fourth-order valence-corrected chi connectivity index (χ4v) is 4.55. The van der Waals surface area contributed by atoms with Gasteiger partial charge in [-0.15, -0.1) is 0 Å². The van der Waals surface area contributed by atoms with Crippen LogP contribution in [0.2, 0.25) is 0 Å². The van der Waals surface area contributed by atoms with Gasteiger partial charge in [-0.1, -0.05) is 0 Å². The van der Waals surface area contributed by atoms with Gasteiger partial charge in [-0.3, -0.25) is 4.79 Å². The molecule has 24 heavy (non-hydrogen) atoms. The van der Waals surface area contributed by atoms with Crippen LogP contribution in [-0.4, -0.2) is 45.3 Å². The molecule has 0 aromatic carbocycles. The lowest BCUT2D eigenvalue weighted by atomic mass is 9.96. The fourth-order valence-electron chi connectivity index (χ4n) is 3.00. The van der Waals surface area contributed by atoms with Crippen molar-refractivity contribution in [2.24, 2.45) is 7.05 Å². The molecule has 1 aliphatic heterocycles. The molecule has 3 heterocycles. The van der Waals surface area contributed by atoms with Crippen LogP contribution in [0.4, 0.5) is 0 Å². The quantitative estimate of drug-likeness (QED) is 0.877. The number of sulfonamides is 1. The van der Waals surface area contributed by atoms with Gasteiger partial charge >= 0.3 is 0 Å². The van der Waals surface area contributed by atoms with Crippen molar-refractivity contribution in [3.63, 3.8) is 0 Å². The summed E-state index contributed by atoms with van der Waals surface area (Å²) in [5.74, 6) is 1.10. The van der Waals surface area contributed by atoms with Gasteiger partial charge in [-0.05, 0) is 26.7 Å². The smallest absolute Gasteiger partial charge is 0.262 e. The van der Waals surface area contributed by atoms with E-state index in [0.717, 1.165) is 12.8 Å². The number of hydrogen-bond donors (Lipinski definition) is 1. The molecule has 0 amide bonds. The van der Waals surface area contributed by atoms with E-state index >= 15 is 0 Å². The Hall–Kier alpha value is -2.00. The molecule has 1 aliphatic rings. The van der Waals surface area contributed by atoms with E-state index in [1.807, 2.05) is 0 Å². The van der Waals surface area contributed by atoms with Gasteiger partial charge in [0.05, 0.1) is 5.69 Å². The summed E-state index contributed by atoms with van der Waals surface area (Å²) >= 11 is 0. The van der Waals surface area contributed by atoms with Crippen molar-refractivity contribution in [3.05, 3.63) is 40.0 Å². The number of hydrogen-bond acceptors (Lipinski definition) is 5. The first-order chi connectivity index (χ1) is 11.3. The predicted molar refractivity (Wildman–Crippen MR) is 88.3 cm³/mol. The molecule has 0 aliphatic carbocycles. The van der Waals surface area contributed by atoms with Crippen molar-refractivity contribution in [2.45, 2.75) is 37.6 Å². The van der Waals surface area contributed by atoms with E-state index in [2.05, 4.69) is 15.0 Å². The van der Waals surface area contributed by atoms with Crippen LogP contribution in [0.15, 0.2) is 22.1 Å². The van der Waals surface area contributed by atoms with Crippen LogP contribution in [-0.2, 0) is 17.1 Å². The van der Waals surface area contributed by atoms with E-state index in [1.165, 1.54) is 16.6 Å². The number of rotatable bonds is 3. The minimum atomic E-state index is -3.64. The Balaban J connectivity index is 1.88. The van der Waals surface area contributed by atoms with Crippen LogP contribution in [0.1, 0.15) is 36.1 Å². The van der Waals surface area contributed by atoms with Crippen molar-refractivity contribution in [3.8, 4) is 0 Å². The van der Waals surface area contributed by atoms with E-state index in [9.17, 15) is 13.2 Å². The summed E-state index contributed by atoms with van der Waals surface area (Å²) in [6, 6.07) is 1.46. The van der Waals surface area contributed by atoms with Gasteiger partial charge in [0.1, 0.15) is 11.6 Å². The maximum Gasteiger partial charge on any atom is 0.262 e. The lowest BCUT2D eigenvalue weighted by Crippen LogP contribution is -2.39. The Bertz CT molecular complexity index is 896. The van der Waals surface area contributed by atoms with E-state index in [-0.39, 0.29) is 16.5 Å². The summed E-state index contributed by atoms with van der Waals surface area (Å²) in [6.07, 6.45) is 3.07. The third-order valence-electron chi connectivity index (χ3n) is 4.37. The molecule has 1 unspecified atom stereocenters. The molecule has 9 heteroatoms. The lowest BCUT2D eigenvalue weighted by Gasteiger charge is -2.31. The van der Waals surface area contributed by atoms with Gasteiger partial charge in [-0.25, -0.2) is 18.4 Å². The maximum absolute atomic E-state index is 12.8. The highest BCUT2D eigenvalue weighted by atomic mass is 32.2. The zero-order valence-corrected chi connectivity index (χ0v) is 14.8. The molecule has 0 bridgehead atoms. The molecule has 2 aromatic heterocycles. The van der Waals surface area contributed by atoms with Crippen LogP contribution < -0.4 is 5.56 Å². The first-order valence-electron chi connectivity index (χ1n) is 7.85. The number of aromatic amines is 1. The number of nitrogens with zero attached hydrogens (tertiary/aromatic N) is 4. The van der Waals surface area contributed by atoms with Crippen LogP contribution in [0, 0.1) is 13.8 Å². The molecule has 0 saturated carbocycles. The number of aromatic nitrogens is 4. The molecular weight excluding hydrogens is 330 g/mol. The van der Waals surface area contributed by atoms with Crippen LogP contribution in [0.3, 0.4) is 0 Å². The summed E-state index contributed by atoms with van der Waals surface area (Å²) in [6.45, 7) is 4.25. The second-order valence-electron chi connectivity index (χ2n) is 6.20. The molecular formula is C15H21N5O3S. The summed E-state index contributed by atoms with van der Waals surface area (Å²) in [5, 5.41) is 0.0678. The molecule has 1 fully saturated rings. The SMILES string of the molecule is Cc1nc(C2CCCN(S(=O)(=O)c3cn(C)c(C)n3)C2)cc(=O)[nH]1. The van der Waals surface area contributed by atoms with Crippen LogP contribution in [0.5, 0.6) is 0 Å². The molecule has 0 radical (unpaired) electrons. The van der Waals surface area contributed by atoms with Gasteiger partial charge in [0.15, 0.2) is 5.03 Å². The Morgan fingerprint density at radius 3 is 2.67 bits per heavy atom. The average Bonchev–Trinajstić information content (AvgIpc) is 2.87. The molecule has 2 aromatic rings. The molecule has 3 rings (SSSR count). The van der Waals surface area contributed by atoms with Crippen LogP contribution >= 0.6 is 0 Å². The highest BCUT2D eigenvalue weighted by molar-refractivity contribution is 7.89. The number of H-pyrrole nitrogens is 1. The Kier molecular flexibility index (Phi) is 4.31. The van der Waals surface area contributed by atoms with Crippen LogP contribution in [0.25, 0.3) is 0 Å². The number of imidazole rings is 1. The Labute approximate surface area is 140 Å². The van der Waals surface area contributed by atoms with Crippen molar-refractivity contribution in [1.29, 1.82) is 0 Å². The first-order valence-corrected chi connectivity index (χ1v) is 9.29. The van der Waals surface area contributed by atoms with Gasteiger partial charge in [0, 0.05) is 38.3 Å². The Morgan fingerprint density at radius 1 is 1.29 bits per heavy atom. The monoisotopic (exact) mass is 351 g/mol. The summed E-state index contributed by atoms with van der Waals surface area (Å²) in [4.78, 5) is 22.8. The molecule has 130 valence electrons. The predicted octanol–water partition coefficient (Wildman–Crippen LogP) is 0.689. The average molecular weight is 351 g/mol. The van der Waals surface area contributed by atoms with Crippen molar-refractivity contribution in [1.82, 2.24) is 23.8 Å². The van der Waals surface area contributed by atoms with Crippen molar-refractivity contribution >= 4 is 10.0 Å². The van der Waals surface area contributed by atoms with Crippen molar-refractivity contribution in [2.75, 3.05) is 13.1 Å². The molecule has 8 nitrogen and oxygen atoms in total. The minimum absolute atomic E-state index is 0.0678.